The Balaban J connectivity index is 2.72. The number of aliphatic hydroxyl groups excluding tert-OH is 1. The zero-order valence-electron chi connectivity index (χ0n) is 14.5. The molecular formula is C17H25NO6. The van der Waals surface area contributed by atoms with Crippen molar-refractivity contribution in [2.75, 3.05) is 33.9 Å². The summed E-state index contributed by atoms with van der Waals surface area (Å²) in [5.41, 5.74) is 0. The number of hydrogen-bond acceptors (Lipinski definition) is 6. The van der Waals surface area contributed by atoms with Crippen LogP contribution in [0.2, 0.25) is 0 Å². The van der Waals surface area contributed by atoms with Gasteiger partial charge < -0.3 is 24.2 Å². The van der Waals surface area contributed by atoms with Crippen LogP contribution in [0.25, 0.3) is 0 Å². The standard InChI is InChI=1S/C17H25NO6/c1-12(17(21)23-4)9-18(10-13(2)19)16(20)11-24-15-8-6-5-7-14(15)22-3/h5-8,12-13,19H,9-11H2,1-4H3. The van der Waals surface area contributed by atoms with Crippen molar-refractivity contribution in [2.45, 2.75) is 20.0 Å². The molecule has 7 nitrogen and oxygen atoms in total. The van der Waals surface area contributed by atoms with Gasteiger partial charge in [0.15, 0.2) is 18.1 Å². The maximum absolute atomic E-state index is 12.4. The van der Waals surface area contributed by atoms with E-state index in [9.17, 15) is 14.7 Å². The van der Waals surface area contributed by atoms with Gasteiger partial charge in [0, 0.05) is 13.1 Å². The van der Waals surface area contributed by atoms with Gasteiger partial charge >= 0.3 is 5.97 Å². The number of para-hydroxylation sites is 2. The number of hydrogen-bond donors (Lipinski definition) is 1. The van der Waals surface area contributed by atoms with Crippen LogP contribution in [0.5, 0.6) is 11.5 Å². The van der Waals surface area contributed by atoms with Crippen LogP contribution in [0.1, 0.15) is 13.8 Å². The molecule has 1 aromatic rings. The van der Waals surface area contributed by atoms with Gasteiger partial charge in [-0.25, -0.2) is 0 Å². The monoisotopic (exact) mass is 339 g/mol. The fraction of sp³-hybridized carbons (Fsp3) is 0.529. The number of aliphatic hydroxyl groups is 1. The lowest BCUT2D eigenvalue weighted by Crippen LogP contribution is -2.43. The molecule has 24 heavy (non-hydrogen) atoms. The summed E-state index contributed by atoms with van der Waals surface area (Å²) in [6.07, 6.45) is -0.718. The van der Waals surface area contributed by atoms with Crippen molar-refractivity contribution in [1.29, 1.82) is 0 Å². The van der Waals surface area contributed by atoms with Crippen molar-refractivity contribution in [3.8, 4) is 11.5 Å². The fourth-order valence-electron chi connectivity index (χ4n) is 2.17. The van der Waals surface area contributed by atoms with Crippen LogP contribution in [-0.2, 0) is 14.3 Å². The molecule has 1 amide bonds. The van der Waals surface area contributed by atoms with Gasteiger partial charge in [0.1, 0.15) is 0 Å². The van der Waals surface area contributed by atoms with Gasteiger partial charge in [-0.2, -0.15) is 0 Å². The van der Waals surface area contributed by atoms with E-state index in [-0.39, 0.29) is 25.6 Å². The summed E-state index contributed by atoms with van der Waals surface area (Å²) >= 11 is 0. The minimum atomic E-state index is -0.718. The third-order valence-corrected chi connectivity index (χ3v) is 3.36. The molecular weight excluding hydrogens is 314 g/mol. The maximum Gasteiger partial charge on any atom is 0.310 e. The lowest BCUT2D eigenvalue weighted by Gasteiger charge is -2.26. The molecule has 2 unspecified atom stereocenters. The van der Waals surface area contributed by atoms with Crippen molar-refractivity contribution >= 4 is 11.9 Å². The van der Waals surface area contributed by atoms with Crippen molar-refractivity contribution in [3.63, 3.8) is 0 Å². The minimum absolute atomic E-state index is 0.107. The molecule has 1 aromatic carbocycles. The zero-order valence-corrected chi connectivity index (χ0v) is 14.5. The number of methoxy groups -OCH3 is 2. The molecule has 0 bridgehead atoms. The van der Waals surface area contributed by atoms with Gasteiger partial charge in [0.05, 0.1) is 26.2 Å². The Morgan fingerprint density at radius 2 is 1.75 bits per heavy atom. The van der Waals surface area contributed by atoms with Crippen LogP contribution in [0, 0.1) is 5.92 Å². The van der Waals surface area contributed by atoms with E-state index in [0.717, 1.165) is 0 Å². The van der Waals surface area contributed by atoms with Gasteiger partial charge in [-0.3, -0.25) is 9.59 Å². The average Bonchev–Trinajstić information content (AvgIpc) is 2.57. The Morgan fingerprint density at radius 1 is 1.12 bits per heavy atom. The van der Waals surface area contributed by atoms with Crippen LogP contribution in [0.3, 0.4) is 0 Å². The Kier molecular flexibility index (Phi) is 8.05. The Hall–Kier alpha value is -2.28. The molecule has 0 aliphatic carbocycles. The third kappa shape index (κ3) is 6.08. The SMILES string of the molecule is COC(=O)C(C)CN(CC(C)O)C(=O)COc1ccccc1OC. The minimum Gasteiger partial charge on any atom is -0.493 e. The van der Waals surface area contributed by atoms with Crippen LogP contribution in [0.4, 0.5) is 0 Å². The summed E-state index contributed by atoms with van der Waals surface area (Å²) in [6.45, 7) is 3.27. The number of benzene rings is 1. The summed E-state index contributed by atoms with van der Waals surface area (Å²) in [7, 11) is 2.81. The summed E-state index contributed by atoms with van der Waals surface area (Å²) < 4.78 is 15.3. The quantitative estimate of drug-likeness (QED) is 0.678. The molecule has 0 aromatic heterocycles. The molecule has 0 saturated heterocycles. The first-order valence-electron chi connectivity index (χ1n) is 7.68. The molecule has 0 heterocycles. The van der Waals surface area contributed by atoms with Gasteiger partial charge in [-0.15, -0.1) is 0 Å². The lowest BCUT2D eigenvalue weighted by molar-refractivity contribution is -0.147. The number of ether oxygens (including phenoxy) is 3. The van der Waals surface area contributed by atoms with E-state index in [1.54, 1.807) is 38.1 Å². The first kappa shape index (κ1) is 19.8. The van der Waals surface area contributed by atoms with Crippen molar-refractivity contribution in [3.05, 3.63) is 24.3 Å². The highest BCUT2D eigenvalue weighted by Gasteiger charge is 2.23. The van der Waals surface area contributed by atoms with E-state index in [1.165, 1.54) is 19.1 Å². The van der Waals surface area contributed by atoms with Gasteiger partial charge in [-0.05, 0) is 19.1 Å². The van der Waals surface area contributed by atoms with E-state index in [2.05, 4.69) is 4.74 Å². The number of carbonyl (C=O) groups excluding carboxylic acids is 2. The molecule has 1 N–H and O–H groups in total. The highest BCUT2D eigenvalue weighted by atomic mass is 16.5. The summed E-state index contributed by atoms with van der Waals surface area (Å²) in [5, 5.41) is 9.58. The normalized spacial score (nSPS) is 12.9. The first-order valence-corrected chi connectivity index (χ1v) is 7.68. The lowest BCUT2D eigenvalue weighted by atomic mass is 10.1. The predicted octanol–water partition coefficient (Wildman–Crippen LogP) is 1.09. The molecule has 0 saturated carbocycles. The summed E-state index contributed by atoms with van der Waals surface area (Å²) in [6, 6.07) is 7.00. The Labute approximate surface area is 142 Å². The molecule has 1 rings (SSSR count). The molecule has 2 atom stereocenters. The molecule has 0 spiro atoms. The van der Waals surface area contributed by atoms with E-state index in [4.69, 9.17) is 9.47 Å². The predicted molar refractivity (Wildman–Crippen MR) is 87.9 cm³/mol. The third-order valence-electron chi connectivity index (χ3n) is 3.36. The molecule has 0 aliphatic heterocycles. The van der Waals surface area contributed by atoms with Gasteiger partial charge in [0.25, 0.3) is 5.91 Å². The van der Waals surface area contributed by atoms with Crippen molar-refractivity contribution < 1.29 is 28.9 Å². The second-order valence-electron chi connectivity index (χ2n) is 5.51. The van der Waals surface area contributed by atoms with Gasteiger partial charge in [0.2, 0.25) is 0 Å². The second kappa shape index (κ2) is 9.77. The fourth-order valence-corrected chi connectivity index (χ4v) is 2.17. The topological polar surface area (TPSA) is 85.3 Å². The van der Waals surface area contributed by atoms with E-state index in [1.807, 2.05) is 0 Å². The van der Waals surface area contributed by atoms with Crippen LogP contribution in [-0.4, -0.2) is 61.9 Å². The number of nitrogens with zero attached hydrogens (tertiary/aromatic N) is 1. The van der Waals surface area contributed by atoms with E-state index in [0.29, 0.717) is 11.5 Å². The molecule has 0 aliphatic rings. The number of amides is 1. The highest BCUT2D eigenvalue weighted by molar-refractivity contribution is 5.79. The molecule has 0 fully saturated rings. The number of rotatable bonds is 9. The molecule has 134 valence electrons. The summed E-state index contributed by atoms with van der Waals surface area (Å²) in [4.78, 5) is 25.3. The van der Waals surface area contributed by atoms with Gasteiger partial charge in [-0.1, -0.05) is 19.1 Å². The Morgan fingerprint density at radius 3 is 2.29 bits per heavy atom. The van der Waals surface area contributed by atoms with Crippen molar-refractivity contribution in [2.24, 2.45) is 5.92 Å². The largest absolute Gasteiger partial charge is 0.493 e. The van der Waals surface area contributed by atoms with E-state index >= 15 is 0 Å². The average molecular weight is 339 g/mol. The van der Waals surface area contributed by atoms with Crippen LogP contribution in [0.15, 0.2) is 24.3 Å². The highest BCUT2D eigenvalue weighted by Crippen LogP contribution is 2.25. The van der Waals surface area contributed by atoms with Crippen LogP contribution < -0.4 is 9.47 Å². The number of carbonyl (C=O) groups is 2. The van der Waals surface area contributed by atoms with Crippen LogP contribution >= 0.6 is 0 Å². The zero-order chi connectivity index (χ0) is 18.1. The second-order valence-corrected chi connectivity index (χ2v) is 5.51. The Bertz CT molecular complexity index is 546. The smallest absolute Gasteiger partial charge is 0.310 e. The van der Waals surface area contributed by atoms with Crippen molar-refractivity contribution in [1.82, 2.24) is 4.90 Å². The van der Waals surface area contributed by atoms with E-state index < -0.39 is 18.0 Å². The first-order chi connectivity index (χ1) is 11.4. The molecule has 0 radical (unpaired) electrons. The maximum atomic E-state index is 12.4. The summed E-state index contributed by atoms with van der Waals surface area (Å²) in [5.74, 6) is -0.271. The molecule has 7 heteroatoms. The number of esters is 1.